The van der Waals surface area contributed by atoms with E-state index < -0.39 is 5.60 Å². The van der Waals surface area contributed by atoms with Crippen LogP contribution in [0.1, 0.15) is 38.5 Å². The molecule has 0 amide bonds. The highest BCUT2D eigenvalue weighted by molar-refractivity contribution is 8.03. The molecule has 1 aliphatic carbocycles. The lowest BCUT2D eigenvalue weighted by atomic mass is 9.90. The van der Waals surface area contributed by atoms with Gasteiger partial charge in [-0.25, -0.2) is 0 Å². The van der Waals surface area contributed by atoms with Crippen molar-refractivity contribution in [2.75, 3.05) is 19.5 Å². The van der Waals surface area contributed by atoms with E-state index in [1.165, 1.54) is 11.8 Å². The summed E-state index contributed by atoms with van der Waals surface area (Å²) in [5.41, 5.74) is -0.767. The first-order chi connectivity index (χ1) is 13.6. The van der Waals surface area contributed by atoms with Crippen molar-refractivity contribution in [3.8, 4) is 5.75 Å². The summed E-state index contributed by atoms with van der Waals surface area (Å²) in [7, 11) is 0. The van der Waals surface area contributed by atoms with Gasteiger partial charge in [-0.1, -0.05) is 36.4 Å². The van der Waals surface area contributed by atoms with Crippen LogP contribution in [-0.4, -0.2) is 41.1 Å². The Kier molecular flexibility index (Phi) is 9.55. The van der Waals surface area contributed by atoms with E-state index >= 15 is 0 Å². The highest BCUT2D eigenvalue weighted by Gasteiger charge is 2.40. The first kappa shape index (κ1) is 22.5. The van der Waals surface area contributed by atoms with Crippen LogP contribution in [0, 0.1) is 0 Å². The molecule has 0 aliphatic heterocycles. The first-order valence-electron chi connectivity index (χ1n) is 9.80. The summed E-state index contributed by atoms with van der Waals surface area (Å²) >= 11 is 1.37. The van der Waals surface area contributed by atoms with E-state index in [1.807, 2.05) is 48.7 Å². The molecular weight excluding hydrogens is 372 g/mol. The van der Waals surface area contributed by atoms with Crippen LogP contribution in [0.15, 0.2) is 65.1 Å². The fraction of sp³-hybridized carbons (Fsp3) is 0.435. The van der Waals surface area contributed by atoms with Gasteiger partial charge < -0.3 is 14.9 Å². The number of aliphatic hydroxyl groups is 2. The minimum absolute atomic E-state index is 0.0875. The van der Waals surface area contributed by atoms with Gasteiger partial charge in [-0.3, -0.25) is 4.79 Å². The maximum absolute atomic E-state index is 12.6. The predicted octanol–water partition coefficient (Wildman–Crippen LogP) is 4.44. The summed E-state index contributed by atoms with van der Waals surface area (Å²) in [4.78, 5) is 13.2. The summed E-state index contributed by atoms with van der Waals surface area (Å²) in [6, 6.07) is 9.66. The van der Waals surface area contributed by atoms with Gasteiger partial charge in [-0.2, -0.15) is 0 Å². The number of Topliss-reactive ketones (excluding diaryl/α,β-unsaturated/α-hetero) is 1. The van der Waals surface area contributed by atoms with Crippen LogP contribution < -0.4 is 4.74 Å². The Bertz CT molecular complexity index is 709. The minimum atomic E-state index is -1.21. The Morgan fingerprint density at radius 1 is 1.14 bits per heavy atom. The molecule has 1 aromatic rings. The van der Waals surface area contributed by atoms with Crippen LogP contribution in [0.4, 0.5) is 0 Å². The Morgan fingerprint density at radius 2 is 1.93 bits per heavy atom. The SMILES string of the molecule is CSC1=CC(O)(CCCCOc2ccccc2)/C(=C\C=C/CCCCO)C1=O. The Hall–Kier alpha value is -1.82. The number of thioether (sulfide) groups is 1. The lowest BCUT2D eigenvalue weighted by molar-refractivity contribution is -0.112. The maximum Gasteiger partial charge on any atom is 0.198 e. The van der Waals surface area contributed by atoms with E-state index in [-0.39, 0.29) is 12.4 Å². The molecule has 28 heavy (non-hydrogen) atoms. The molecule has 0 bridgehead atoms. The van der Waals surface area contributed by atoms with Gasteiger partial charge in [-0.15, -0.1) is 11.8 Å². The molecule has 0 aromatic heterocycles. The number of rotatable bonds is 12. The molecule has 0 radical (unpaired) electrons. The van der Waals surface area contributed by atoms with Crippen molar-refractivity contribution in [2.45, 2.75) is 44.1 Å². The smallest absolute Gasteiger partial charge is 0.198 e. The molecule has 1 unspecified atom stereocenters. The molecule has 1 aliphatic rings. The Balaban J connectivity index is 1.89. The standard InChI is InChI=1S/C23H30O4S/c1-28-21-18-23(26,15-9-11-17-27-19-12-6-5-7-13-19)20(22(21)25)14-8-3-2-4-10-16-24/h3,5-8,12-14,18,24,26H,2,4,9-11,15-17H2,1H3/b8-3-,20-14-. The summed E-state index contributed by atoms with van der Waals surface area (Å²) in [6.07, 6.45) is 13.7. The molecule has 0 saturated carbocycles. The molecule has 1 atom stereocenters. The first-order valence-corrected chi connectivity index (χ1v) is 11.0. The van der Waals surface area contributed by atoms with E-state index in [4.69, 9.17) is 9.84 Å². The number of carbonyl (C=O) groups is 1. The fourth-order valence-electron chi connectivity index (χ4n) is 3.11. The number of ketones is 1. The molecule has 152 valence electrons. The molecular formula is C23H30O4S. The molecule has 2 rings (SSSR count). The lowest BCUT2D eigenvalue weighted by Crippen LogP contribution is -2.28. The van der Waals surface area contributed by atoms with Crippen molar-refractivity contribution in [2.24, 2.45) is 0 Å². The van der Waals surface area contributed by atoms with E-state index in [9.17, 15) is 9.90 Å². The van der Waals surface area contributed by atoms with Crippen LogP contribution >= 0.6 is 11.8 Å². The van der Waals surface area contributed by atoms with Crippen molar-refractivity contribution in [3.05, 3.63) is 65.1 Å². The van der Waals surface area contributed by atoms with Gasteiger partial charge in [-0.05, 0) is 63.0 Å². The second kappa shape index (κ2) is 11.9. The van der Waals surface area contributed by atoms with E-state index in [1.54, 1.807) is 12.2 Å². The maximum atomic E-state index is 12.6. The number of hydrogen-bond acceptors (Lipinski definition) is 5. The van der Waals surface area contributed by atoms with E-state index in [2.05, 4.69) is 0 Å². The zero-order valence-corrected chi connectivity index (χ0v) is 17.3. The summed E-state index contributed by atoms with van der Waals surface area (Å²) in [5, 5.41) is 19.9. The van der Waals surface area contributed by atoms with Gasteiger partial charge in [0.2, 0.25) is 0 Å². The number of hydrogen-bond donors (Lipinski definition) is 2. The summed E-state index contributed by atoms with van der Waals surface area (Å²) in [6.45, 7) is 0.777. The third kappa shape index (κ3) is 6.66. The Labute approximate surface area is 172 Å². The van der Waals surface area contributed by atoms with Gasteiger partial charge in [0.25, 0.3) is 0 Å². The Morgan fingerprint density at radius 3 is 2.64 bits per heavy atom. The molecule has 0 heterocycles. The molecule has 2 N–H and O–H groups in total. The van der Waals surface area contributed by atoms with Gasteiger partial charge in [0.05, 0.1) is 11.5 Å². The van der Waals surface area contributed by atoms with E-state index in [0.717, 1.165) is 37.9 Å². The number of benzene rings is 1. The topological polar surface area (TPSA) is 66.8 Å². The number of para-hydroxylation sites is 1. The number of carbonyl (C=O) groups excluding carboxylic acids is 1. The zero-order chi connectivity index (χ0) is 20.2. The average Bonchev–Trinajstić information content (AvgIpc) is 2.95. The second-order valence-electron chi connectivity index (χ2n) is 6.81. The van der Waals surface area contributed by atoms with Crippen LogP contribution in [0.2, 0.25) is 0 Å². The largest absolute Gasteiger partial charge is 0.494 e. The van der Waals surface area contributed by atoms with Gasteiger partial charge in [0, 0.05) is 12.2 Å². The van der Waals surface area contributed by atoms with Crippen molar-refractivity contribution >= 4 is 17.5 Å². The number of aliphatic hydroxyl groups excluding tert-OH is 1. The molecule has 0 fully saturated rings. The molecule has 5 heteroatoms. The second-order valence-corrected chi connectivity index (χ2v) is 7.66. The monoisotopic (exact) mass is 402 g/mol. The summed E-state index contributed by atoms with van der Waals surface area (Å²) < 4.78 is 5.69. The van der Waals surface area contributed by atoms with Gasteiger partial charge in [0.15, 0.2) is 5.78 Å². The summed E-state index contributed by atoms with van der Waals surface area (Å²) in [5.74, 6) is 0.754. The fourth-order valence-corrected chi connectivity index (χ4v) is 3.71. The van der Waals surface area contributed by atoms with Gasteiger partial charge in [0.1, 0.15) is 11.4 Å². The van der Waals surface area contributed by atoms with Crippen LogP contribution in [0.3, 0.4) is 0 Å². The number of ether oxygens (including phenoxy) is 1. The van der Waals surface area contributed by atoms with Crippen molar-refractivity contribution in [1.82, 2.24) is 0 Å². The normalized spacial score (nSPS) is 20.9. The number of unbranched alkanes of at least 4 members (excludes halogenated alkanes) is 3. The lowest BCUT2D eigenvalue weighted by Gasteiger charge is -2.22. The molecule has 4 nitrogen and oxygen atoms in total. The van der Waals surface area contributed by atoms with Crippen molar-refractivity contribution < 1.29 is 19.7 Å². The van der Waals surface area contributed by atoms with Crippen molar-refractivity contribution in [3.63, 3.8) is 0 Å². The van der Waals surface area contributed by atoms with Crippen molar-refractivity contribution in [1.29, 1.82) is 0 Å². The average molecular weight is 403 g/mol. The van der Waals surface area contributed by atoms with Crippen LogP contribution in [0.5, 0.6) is 5.75 Å². The highest BCUT2D eigenvalue weighted by atomic mass is 32.2. The highest BCUT2D eigenvalue weighted by Crippen LogP contribution is 2.38. The van der Waals surface area contributed by atoms with Crippen LogP contribution in [0.25, 0.3) is 0 Å². The number of allylic oxidation sites excluding steroid dienone is 4. The zero-order valence-electron chi connectivity index (χ0n) is 16.5. The molecule has 0 saturated heterocycles. The quantitative estimate of drug-likeness (QED) is 0.400. The molecule has 0 spiro atoms. The minimum Gasteiger partial charge on any atom is -0.494 e. The third-order valence-electron chi connectivity index (χ3n) is 4.67. The van der Waals surface area contributed by atoms with Gasteiger partial charge >= 0.3 is 0 Å². The molecule has 1 aromatic carbocycles. The van der Waals surface area contributed by atoms with E-state index in [0.29, 0.717) is 23.5 Å². The van der Waals surface area contributed by atoms with Crippen LogP contribution in [-0.2, 0) is 4.79 Å². The predicted molar refractivity (Wildman–Crippen MR) is 116 cm³/mol. The third-order valence-corrected chi connectivity index (χ3v) is 5.41.